The molecule has 1 fully saturated rings. The Balaban J connectivity index is 1.64. The van der Waals surface area contributed by atoms with Gasteiger partial charge in [0.25, 0.3) is 12.0 Å². The molecule has 4 atom stereocenters. The molecule has 1 aliphatic rings. The van der Waals surface area contributed by atoms with E-state index in [0.717, 1.165) is 12.3 Å². The maximum Gasteiger partial charge on any atom is 0.435 e. The molecular weight excluding hydrogens is 580 g/mol. The number of aliphatic hydroxyl groups excluding tert-OH is 1. The van der Waals surface area contributed by atoms with Gasteiger partial charge in [-0.3, -0.25) is 18.9 Å². The quantitative estimate of drug-likeness (QED) is 0.315. The number of hydrogen-bond acceptors (Lipinski definition) is 10. The van der Waals surface area contributed by atoms with Crippen molar-refractivity contribution in [3.05, 3.63) is 81.6 Å². The number of nitrogens with zero attached hydrogens (tertiary/aromatic N) is 1. The number of rotatable bonds is 11. The second-order valence-corrected chi connectivity index (χ2v) is 11.3. The Bertz CT molecular complexity index is 1420. The van der Waals surface area contributed by atoms with Crippen LogP contribution in [-0.2, 0) is 21.1 Å². The molecule has 2 heterocycles. The molecule has 0 aliphatic carbocycles. The van der Waals surface area contributed by atoms with Crippen molar-refractivity contribution in [2.45, 2.75) is 30.5 Å². The zero-order valence-corrected chi connectivity index (χ0v) is 22.7. The number of aliphatic hydroxyl groups is 1. The number of benzene rings is 2. The number of H-pyrrole nitrogens is 1. The lowest BCUT2D eigenvalue weighted by Gasteiger charge is -2.32. The maximum atomic E-state index is 15.1. The van der Waals surface area contributed by atoms with E-state index in [1.165, 1.54) is 38.5 Å². The van der Waals surface area contributed by atoms with Gasteiger partial charge in [0.05, 0.1) is 20.8 Å². The lowest BCUT2D eigenvalue weighted by Crippen LogP contribution is -2.52. The Kier molecular flexibility index (Phi) is 8.90. The van der Waals surface area contributed by atoms with E-state index in [2.05, 4.69) is 0 Å². The zero-order valence-electron chi connectivity index (χ0n) is 20.9. The Labute approximate surface area is 230 Å². The van der Waals surface area contributed by atoms with Gasteiger partial charge in [0.1, 0.15) is 29.1 Å². The first kappa shape index (κ1) is 29.6. The number of aromatic amines is 1. The molecule has 40 heavy (non-hydrogen) atoms. The molecular formula is C24H24F3N2O9PS. The summed E-state index contributed by atoms with van der Waals surface area (Å²) in [6.45, 7) is -5.20. The van der Waals surface area contributed by atoms with E-state index in [1.54, 1.807) is 24.3 Å². The molecule has 1 aliphatic heterocycles. The first-order chi connectivity index (χ1) is 19.0. The minimum atomic E-state index is -4.01. The third-order valence-electron chi connectivity index (χ3n) is 5.91. The highest BCUT2D eigenvalue weighted by Crippen LogP contribution is 2.53. The summed E-state index contributed by atoms with van der Waals surface area (Å²) in [5.41, 5.74) is -4.92. The van der Waals surface area contributed by atoms with E-state index in [-0.39, 0.29) is 11.5 Å². The normalized spacial score (nSPS) is 22.7. The maximum absolute atomic E-state index is 15.1. The summed E-state index contributed by atoms with van der Waals surface area (Å²) in [4.78, 5) is 25.4. The molecule has 11 nitrogen and oxygen atoms in total. The van der Waals surface area contributed by atoms with E-state index in [9.17, 15) is 23.5 Å². The summed E-state index contributed by atoms with van der Waals surface area (Å²) in [6, 6.07) is 13.0. The van der Waals surface area contributed by atoms with Crippen molar-refractivity contribution in [2.75, 3.05) is 20.8 Å². The SMILES string of the molecule is COc1ccc(OP(=S)(OCC2(C(F)F)OC(n3ccc(=O)[nH]c3=O)C(F)C2O)Oc2ccc(OC)cc2)cc1. The van der Waals surface area contributed by atoms with Crippen LogP contribution in [0.15, 0.2) is 70.4 Å². The number of halogens is 3. The van der Waals surface area contributed by atoms with E-state index >= 15 is 4.39 Å². The molecule has 0 amide bonds. The first-order valence-electron chi connectivity index (χ1n) is 11.5. The minimum Gasteiger partial charge on any atom is -0.497 e. The van der Waals surface area contributed by atoms with E-state index in [4.69, 9.17) is 39.6 Å². The van der Waals surface area contributed by atoms with Crippen LogP contribution < -0.4 is 29.8 Å². The Morgan fingerprint density at radius 2 is 1.50 bits per heavy atom. The molecule has 0 bridgehead atoms. The lowest BCUT2D eigenvalue weighted by atomic mass is 9.97. The monoisotopic (exact) mass is 604 g/mol. The van der Waals surface area contributed by atoms with Gasteiger partial charge in [0.2, 0.25) is 0 Å². The van der Waals surface area contributed by atoms with Crippen LogP contribution in [0.3, 0.4) is 0 Å². The second-order valence-electron chi connectivity index (χ2n) is 8.43. The fraction of sp³-hybridized carbons (Fsp3) is 0.333. The predicted octanol–water partition coefficient (Wildman–Crippen LogP) is 3.18. The Morgan fingerprint density at radius 3 is 1.95 bits per heavy atom. The van der Waals surface area contributed by atoms with Crippen molar-refractivity contribution in [1.82, 2.24) is 9.55 Å². The van der Waals surface area contributed by atoms with Gasteiger partial charge < -0.3 is 28.4 Å². The average Bonchev–Trinajstić information content (AvgIpc) is 3.19. The summed E-state index contributed by atoms with van der Waals surface area (Å²) >= 11 is 5.50. The number of aromatic nitrogens is 2. The number of ether oxygens (including phenoxy) is 3. The molecule has 216 valence electrons. The molecule has 4 unspecified atom stereocenters. The molecule has 2 N–H and O–H groups in total. The fourth-order valence-electron chi connectivity index (χ4n) is 3.77. The smallest absolute Gasteiger partial charge is 0.435 e. The largest absolute Gasteiger partial charge is 0.497 e. The van der Waals surface area contributed by atoms with Crippen LogP contribution in [-0.4, -0.2) is 59.8 Å². The minimum absolute atomic E-state index is 0.137. The molecule has 2 aromatic carbocycles. The van der Waals surface area contributed by atoms with E-state index in [0.29, 0.717) is 16.1 Å². The van der Waals surface area contributed by atoms with Crippen molar-refractivity contribution >= 4 is 18.5 Å². The van der Waals surface area contributed by atoms with E-state index in [1.807, 2.05) is 4.98 Å². The van der Waals surface area contributed by atoms with Crippen LogP contribution >= 0.6 is 6.72 Å². The molecule has 3 aromatic rings. The molecule has 1 saturated heterocycles. The fourth-order valence-corrected chi connectivity index (χ4v) is 5.71. The summed E-state index contributed by atoms with van der Waals surface area (Å²) in [6.07, 6.45) is -9.66. The van der Waals surface area contributed by atoms with Crippen molar-refractivity contribution < 1.29 is 46.1 Å². The number of methoxy groups -OCH3 is 2. The van der Waals surface area contributed by atoms with Gasteiger partial charge in [0, 0.05) is 24.1 Å². The second kappa shape index (κ2) is 12.0. The first-order valence-corrected chi connectivity index (χ1v) is 14.1. The summed E-state index contributed by atoms with van der Waals surface area (Å²) in [7, 11) is 2.92. The van der Waals surface area contributed by atoms with Crippen LogP contribution in [0.4, 0.5) is 13.2 Å². The highest BCUT2D eigenvalue weighted by molar-refractivity contribution is 8.07. The molecule has 0 saturated carbocycles. The van der Waals surface area contributed by atoms with Gasteiger partial charge in [-0.2, -0.15) is 0 Å². The average molecular weight is 604 g/mol. The summed E-state index contributed by atoms with van der Waals surface area (Å²) in [5, 5.41) is 10.6. The summed E-state index contributed by atoms with van der Waals surface area (Å²) in [5.74, 6) is 1.26. The van der Waals surface area contributed by atoms with Crippen molar-refractivity contribution in [3.63, 3.8) is 0 Å². The third-order valence-corrected chi connectivity index (χ3v) is 7.99. The number of alkyl halides is 3. The zero-order chi connectivity index (χ0) is 29.1. The van der Waals surface area contributed by atoms with Gasteiger partial charge in [-0.15, -0.1) is 0 Å². The molecule has 16 heteroatoms. The van der Waals surface area contributed by atoms with Crippen molar-refractivity contribution in [2.24, 2.45) is 0 Å². The van der Waals surface area contributed by atoms with Crippen molar-refractivity contribution in [1.29, 1.82) is 0 Å². The number of nitrogens with one attached hydrogen (secondary N) is 1. The Morgan fingerprint density at radius 1 is 1.00 bits per heavy atom. The van der Waals surface area contributed by atoms with Gasteiger partial charge in [-0.1, -0.05) is 0 Å². The van der Waals surface area contributed by atoms with Crippen LogP contribution in [0, 0.1) is 0 Å². The lowest BCUT2D eigenvalue weighted by molar-refractivity contribution is -0.192. The van der Waals surface area contributed by atoms with Crippen LogP contribution in [0.1, 0.15) is 6.23 Å². The van der Waals surface area contributed by atoms with Crippen LogP contribution in [0.25, 0.3) is 0 Å². The van der Waals surface area contributed by atoms with Crippen LogP contribution in [0.5, 0.6) is 23.0 Å². The van der Waals surface area contributed by atoms with Gasteiger partial charge in [-0.25, -0.2) is 18.0 Å². The standard InChI is InChI=1S/C24H24F3N2O9PS/c1-33-14-3-7-16(8-4-14)37-39(40,38-17-9-5-15(34-2)6-10-17)35-13-24(22(26)27)20(31)19(25)21(36-24)29-12-11-18(30)28-23(29)32/h3-12,19-22,31H,13H2,1-2H3,(H,28,30,32). The number of hydrogen-bond donors (Lipinski definition) is 2. The Hall–Kier alpha value is -3.36. The van der Waals surface area contributed by atoms with Gasteiger partial charge in [-0.05, 0) is 48.5 Å². The molecule has 1 aromatic heterocycles. The highest BCUT2D eigenvalue weighted by Gasteiger charge is 2.62. The van der Waals surface area contributed by atoms with Crippen LogP contribution in [0.2, 0.25) is 0 Å². The molecule has 0 radical (unpaired) electrons. The third kappa shape index (κ3) is 6.18. The van der Waals surface area contributed by atoms with Gasteiger partial charge in [0.15, 0.2) is 18.0 Å². The topological polar surface area (TPSA) is 130 Å². The highest BCUT2D eigenvalue weighted by atomic mass is 32.5. The van der Waals surface area contributed by atoms with E-state index < -0.39 is 55.1 Å². The predicted molar refractivity (Wildman–Crippen MR) is 139 cm³/mol. The molecule has 0 spiro atoms. The van der Waals surface area contributed by atoms with Crippen molar-refractivity contribution in [3.8, 4) is 23.0 Å². The summed E-state index contributed by atoms with van der Waals surface area (Å²) < 4.78 is 77.2. The van der Waals surface area contributed by atoms with Gasteiger partial charge >= 0.3 is 12.4 Å². The molecule has 4 rings (SSSR count).